The van der Waals surface area contributed by atoms with Gasteiger partial charge in [-0.1, -0.05) is 42.6 Å². The Kier molecular flexibility index (Phi) is 5.61. The first-order valence-electron chi connectivity index (χ1n) is 7.34. The van der Waals surface area contributed by atoms with Crippen LogP contribution in [0.15, 0.2) is 12.4 Å². The molecule has 0 bridgehead atoms. The van der Waals surface area contributed by atoms with Gasteiger partial charge in [0.25, 0.3) is 0 Å². The van der Waals surface area contributed by atoms with Gasteiger partial charge in [-0.05, 0) is 30.7 Å². The summed E-state index contributed by atoms with van der Waals surface area (Å²) in [6.07, 6.45) is 10.4. The van der Waals surface area contributed by atoms with E-state index in [-0.39, 0.29) is 0 Å². The molecule has 0 amide bonds. The lowest BCUT2D eigenvalue weighted by Gasteiger charge is -2.29. The molecule has 4 heteroatoms. The van der Waals surface area contributed by atoms with Gasteiger partial charge in [0.15, 0.2) is 0 Å². The Bertz CT molecular complexity index is 371. The molecular formula is C15H24BrN3. The maximum absolute atomic E-state index is 4.56. The fourth-order valence-electron chi connectivity index (χ4n) is 2.62. The highest BCUT2D eigenvalue weighted by Gasteiger charge is 2.24. The molecule has 106 valence electrons. The van der Waals surface area contributed by atoms with E-state index < -0.39 is 0 Å². The smallest absolute Gasteiger partial charge is 0.225 e. The summed E-state index contributed by atoms with van der Waals surface area (Å²) in [5, 5.41) is 0.822. The first kappa shape index (κ1) is 14.8. The lowest BCUT2D eigenvalue weighted by atomic mass is 10.1. The number of aromatic nitrogens is 2. The SMILES string of the molecule is CC(C)CCN(c1ncc(CBr)cn1)C1CCCC1. The molecule has 1 aromatic rings. The highest BCUT2D eigenvalue weighted by atomic mass is 79.9. The molecule has 1 aliphatic rings. The lowest BCUT2D eigenvalue weighted by Crippen LogP contribution is -2.36. The van der Waals surface area contributed by atoms with E-state index in [0.29, 0.717) is 6.04 Å². The third kappa shape index (κ3) is 4.16. The molecule has 3 nitrogen and oxygen atoms in total. The van der Waals surface area contributed by atoms with E-state index in [1.807, 2.05) is 12.4 Å². The van der Waals surface area contributed by atoms with Gasteiger partial charge in [-0.2, -0.15) is 0 Å². The van der Waals surface area contributed by atoms with E-state index in [1.54, 1.807) is 0 Å². The summed E-state index contributed by atoms with van der Waals surface area (Å²) in [5.41, 5.74) is 1.14. The van der Waals surface area contributed by atoms with Gasteiger partial charge in [0.05, 0.1) is 0 Å². The molecule has 0 spiro atoms. The maximum atomic E-state index is 4.56. The summed E-state index contributed by atoms with van der Waals surface area (Å²) in [4.78, 5) is 11.5. The molecule has 0 unspecified atom stereocenters. The summed E-state index contributed by atoms with van der Waals surface area (Å²) >= 11 is 3.44. The van der Waals surface area contributed by atoms with Crippen molar-refractivity contribution >= 4 is 21.9 Å². The molecule has 1 aliphatic carbocycles. The normalized spacial score (nSPS) is 16.2. The standard InChI is InChI=1S/C15H24BrN3/c1-12(2)7-8-19(14-5-3-4-6-14)15-17-10-13(9-16)11-18-15/h10-12,14H,3-9H2,1-2H3. The van der Waals surface area contributed by atoms with Gasteiger partial charge in [0.2, 0.25) is 5.95 Å². The van der Waals surface area contributed by atoms with Crippen LogP contribution in [0, 0.1) is 5.92 Å². The summed E-state index contributed by atoms with van der Waals surface area (Å²) in [7, 11) is 0. The largest absolute Gasteiger partial charge is 0.338 e. The summed E-state index contributed by atoms with van der Waals surface area (Å²) < 4.78 is 0. The van der Waals surface area contributed by atoms with Crippen molar-refractivity contribution in [1.82, 2.24) is 9.97 Å². The van der Waals surface area contributed by atoms with Crippen LogP contribution in [0.25, 0.3) is 0 Å². The zero-order valence-corrected chi connectivity index (χ0v) is 13.6. The van der Waals surface area contributed by atoms with Crippen molar-refractivity contribution in [2.45, 2.75) is 57.3 Å². The fourth-order valence-corrected chi connectivity index (χ4v) is 2.91. The molecular weight excluding hydrogens is 302 g/mol. The minimum Gasteiger partial charge on any atom is -0.338 e. The molecule has 0 radical (unpaired) electrons. The minimum absolute atomic E-state index is 0.647. The van der Waals surface area contributed by atoms with Gasteiger partial charge in [-0.25, -0.2) is 9.97 Å². The average molecular weight is 326 g/mol. The van der Waals surface area contributed by atoms with Crippen molar-refractivity contribution in [2.75, 3.05) is 11.4 Å². The molecule has 1 aromatic heterocycles. The molecule has 2 rings (SSSR count). The lowest BCUT2D eigenvalue weighted by molar-refractivity contribution is 0.521. The van der Waals surface area contributed by atoms with Crippen molar-refractivity contribution in [1.29, 1.82) is 0 Å². The molecule has 0 atom stereocenters. The fraction of sp³-hybridized carbons (Fsp3) is 0.733. The average Bonchev–Trinajstić information content (AvgIpc) is 2.93. The Balaban J connectivity index is 2.09. The van der Waals surface area contributed by atoms with Crippen LogP contribution in [-0.4, -0.2) is 22.6 Å². The van der Waals surface area contributed by atoms with Crippen LogP contribution < -0.4 is 4.90 Å². The van der Waals surface area contributed by atoms with Crippen molar-refractivity contribution < 1.29 is 0 Å². The van der Waals surface area contributed by atoms with Crippen LogP contribution in [0.1, 0.15) is 51.5 Å². The number of hydrogen-bond donors (Lipinski definition) is 0. The molecule has 0 N–H and O–H groups in total. The quantitative estimate of drug-likeness (QED) is 0.735. The Hall–Kier alpha value is -0.640. The highest BCUT2D eigenvalue weighted by molar-refractivity contribution is 9.08. The molecule has 0 saturated heterocycles. The third-order valence-electron chi connectivity index (χ3n) is 3.82. The summed E-state index contributed by atoms with van der Waals surface area (Å²) in [6.45, 7) is 5.64. The van der Waals surface area contributed by atoms with Gasteiger partial charge in [0.1, 0.15) is 0 Å². The van der Waals surface area contributed by atoms with E-state index in [0.717, 1.165) is 29.3 Å². The van der Waals surface area contributed by atoms with Gasteiger partial charge in [0, 0.05) is 30.3 Å². The Morgan fingerprint density at radius 1 is 1.26 bits per heavy atom. The van der Waals surface area contributed by atoms with E-state index >= 15 is 0 Å². The van der Waals surface area contributed by atoms with Crippen molar-refractivity contribution in [2.24, 2.45) is 5.92 Å². The second kappa shape index (κ2) is 7.22. The number of anilines is 1. The number of rotatable bonds is 6. The predicted molar refractivity (Wildman–Crippen MR) is 83.7 cm³/mol. The van der Waals surface area contributed by atoms with E-state index in [9.17, 15) is 0 Å². The third-order valence-corrected chi connectivity index (χ3v) is 4.46. The van der Waals surface area contributed by atoms with Gasteiger partial charge in [-0.3, -0.25) is 0 Å². The molecule has 19 heavy (non-hydrogen) atoms. The topological polar surface area (TPSA) is 29.0 Å². The molecule has 1 saturated carbocycles. The summed E-state index contributed by atoms with van der Waals surface area (Å²) in [5.74, 6) is 1.64. The maximum Gasteiger partial charge on any atom is 0.225 e. The van der Waals surface area contributed by atoms with Gasteiger partial charge < -0.3 is 4.90 Å². The molecule has 0 aliphatic heterocycles. The van der Waals surface area contributed by atoms with Crippen molar-refractivity contribution in [3.05, 3.63) is 18.0 Å². The Labute approximate surface area is 125 Å². The predicted octanol–water partition coefficient (Wildman–Crippen LogP) is 4.17. The molecule has 1 heterocycles. The van der Waals surface area contributed by atoms with Gasteiger partial charge >= 0.3 is 0 Å². The van der Waals surface area contributed by atoms with Crippen LogP contribution in [0.3, 0.4) is 0 Å². The zero-order chi connectivity index (χ0) is 13.7. The van der Waals surface area contributed by atoms with Crippen LogP contribution in [0.2, 0.25) is 0 Å². The first-order chi connectivity index (χ1) is 9.20. The van der Waals surface area contributed by atoms with Crippen LogP contribution >= 0.6 is 15.9 Å². The van der Waals surface area contributed by atoms with Gasteiger partial charge in [-0.15, -0.1) is 0 Å². The van der Waals surface area contributed by atoms with Crippen LogP contribution in [0.4, 0.5) is 5.95 Å². The second-order valence-electron chi connectivity index (χ2n) is 5.84. The Morgan fingerprint density at radius 3 is 2.42 bits per heavy atom. The molecule has 0 aromatic carbocycles. The highest BCUT2D eigenvalue weighted by Crippen LogP contribution is 2.27. The number of nitrogens with zero attached hydrogens (tertiary/aromatic N) is 3. The van der Waals surface area contributed by atoms with E-state index in [2.05, 4.69) is 44.6 Å². The molecule has 1 fully saturated rings. The van der Waals surface area contributed by atoms with E-state index in [1.165, 1.54) is 32.1 Å². The first-order valence-corrected chi connectivity index (χ1v) is 8.46. The van der Waals surface area contributed by atoms with Crippen molar-refractivity contribution in [3.63, 3.8) is 0 Å². The number of hydrogen-bond acceptors (Lipinski definition) is 3. The number of halogens is 1. The summed E-state index contributed by atoms with van der Waals surface area (Å²) in [6, 6.07) is 0.647. The monoisotopic (exact) mass is 325 g/mol. The van der Waals surface area contributed by atoms with E-state index in [4.69, 9.17) is 0 Å². The number of alkyl halides is 1. The minimum atomic E-state index is 0.647. The Morgan fingerprint density at radius 2 is 1.89 bits per heavy atom. The zero-order valence-electron chi connectivity index (χ0n) is 12.0. The van der Waals surface area contributed by atoms with Crippen molar-refractivity contribution in [3.8, 4) is 0 Å². The van der Waals surface area contributed by atoms with Crippen LogP contribution in [0.5, 0.6) is 0 Å². The van der Waals surface area contributed by atoms with Crippen LogP contribution in [-0.2, 0) is 5.33 Å². The second-order valence-corrected chi connectivity index (χ2v) is 6.40.